The highest BCUT2D eigenvalue weighted by atomic mass is 32.2. The van der Waals surface area contributed by atoms with Gasteiger partial charge in [0.2, 0.25) is 0 Å². The number of rotatable bonds is 8. The molecule has 0 bridgehead atoms. The largest absolute Gasteiger partial charge is 0.478 e. The normalized spacial score (nSPS) is 21.2. The van der Waals surface area contributed by atoms with Crippen LogP contribution in [0.4, 0.5) is 24.5 Å². The molecule has 10 heteroatoms. The van der Waals surface area contributed by atoms with E-state index in [4.69, 9.17) is 9.73 Å². The number of nitrogens with one attached hydrogen (secondary N) is 1. The fourth-order valence-electron chi connectivity index (χ4n) is 5.44. The predicted octanol–water partition coefficient (Wildman–Crippen LogP) is 7.71. The molecule has 6 nitrogen and oxygen atoms in total. The molecule has 3 aromatic carbocycles. The number of carboxylic acids is 1. The summed E-state index contributed by atoms with van der Waals surface area (Å²) in [6.07, 6.45) is 1.48. The molecular weight excluding hydrogens is 553 g/mol. The quantitative estimate of drug-likeness (QED) is 0.237. The van der Waals surface area contributed by atoms with E-state index in [1.54, 1.807) is 6.07 Å². The van der Waals surface area contributed by atoms with E-state index in [0.717, 1.165) is 59.4 Å². The van der Waals surface area contributed by atoms with Gasteiger partial charge in [0.25, 0.3) is 5.91 Å². The molecule has 2 aliphatic rings. The second-order valence-electron chi connectivity index (χ2n) is 10.5. The Morgan fingerprint density at radius 2 is 1.76 bits per heavy atom. The van der Waals surface area contributed by atoms with Crippen LogP contribution in [0.5, 0.6) is 0 Å². The van der Waals surface area contributed by atoms with Crippen molar-refractivity contribution >= 4 is 39.2 Å². The van der Waals surface area contributed by atoms with Crippen LogP contribution >= 0.6 is 10.9 Å². The van der Waals surface area contributed by atoms with Crippen molar-refractivity contribution in [2.45, 2.75) is 43.4 Å². The zero-order chi connectivity index (χ0) is 29.1. The number of benzene rings is 3. The van der Waals surface area contributed by atoms with Crippen molar-refractivity contribution in [3.8, 4) is 0 Å². The number of anilines is 1. The Balaban J connectivity index is 1.25. The fraction of sp³-hybridized carbons (Fsp3) is 0.323. The molecular formula is C31H31F3N2O4S. The van der Waals surface area contributed by atoms with E-state index >= 15 is 0 Å². The molecule has 1 amide bonds. The molecule has 3 aromatic rings. The number of nitrogens with zero attached hydrogens (tertiary/aromatic N) is 1. The van der Waals surface area contributed by atoms with Crippen LogP contribution in [0.2, 0.25) is 0 Å². The number of fused-ring (bicyclic) bond motifs is 1. The highest BCUT2D eigenvalue weighted by molar-refractivity contribution is 8.30. The summed E-state index contributed by atoms with van der Waals surface area (Å²) in [4.78, 5) is 30.6. The lowest BCUT2D eigenvalue weighted by Gasteiger charge is -2.30. The van der Waals surface area contributed by atoms with Crippen LogP contribution in [-0.2, 0) is 17.5 Å². The number of carbonyl (C=O) groups is 2. The molecule has 41 heavy (non-hydrogen) atoms. The van der Waals surface area contributed by atoms with Gasteiger partial charge in [-0.2, -0.15) is 24.1 Å². The van der Waals surface area contributed by atoms with Gasteiger partial charge in [0, 0.05) is 23.0 Å². The average Bonchev–Trinajstić information content (AvgIpc) is 3.28. The maximum atomic E-state index is 13.1. The maximum Gasteiger partial charge on any atom is 0.416 e. The van der Waals surface area contributed by atoms with E-state index in [2.05, 4.69) is 11.6 Å². The summed E-state index contributed by atoms with van der Waals surface area (Å²) in [6, 6.07) is 17.2. The standard InChI is InChI=1S/C31H31F3N2O4S/c1-41-27-16-25(35-28(37)22-8-5-9-23(14-22)31(32,33)34)24(30(38)39)15-26(27)36-29(41)21-12-10-20(11-13-21)18-40-17-19-6-3-2-4-7-19/h2-9,14-16,20-21,41H,10-13,17-18H2,1H3,(H,35,37)(H,38,39). The topological polar surface area (TPSA) is 88.0 Å². The fourth-order valence-corrected chi connectivity index (χ4v) is 7.53. The Morgan fingerprint density at radius 1 is 1.02 bits per heavy atom. The highest BCUT2D eigenvalue weighted by Crippen LogP contribution is 2.53. The first-order valence-corrected chi connectivity index (χ1v) is 15.2. The lowest BCUT2D eigenvalue weighted by atomic mass is 9.83. The van der Waals surface area contributed by atoms with Gasteiger partial charge in [-0.15, -0.1) is 0 Å². The summed E-state index contributed by atoms with van der Waals surface area (Å²) in [6.45, 7) is 1.31. The van der Waals surface area contributed by atoms with Crippen LogP contribution in [0.25, 0.3) is 0 Å². The number of carboxylic acid groups (broad SMARTS) is 1. The minimum atomic E-state index is -4.60. The van der Waals surface area contributed by atoms with Crippen LogP contribution in [0.15, 0.2) is 76.6 Å². The summed E-state index contributed by atoms with van der Waals surface area (Å²) in [7, 11) is -0.845. The van der Waals surface area contributed by atoms with E-state index in [1.165, 1.54) is 12.1 Å². The molecule has 1 fully saturated rings. The van der Waals surface area contributed by atoms with E-state index in [-0.39, 0.29) is 16.8 Å². The van der Waals surface area contributed by atoms with Crippen molar-refractivity contribution < 1.29 is 32.6 Å². The molecule has 1 atom stereocenters. The minimum absolute atomic E-state index is 0.0451. The molecule has 1 saturated carbocycles. The van der Waals surface area contributed by atoms with Crippen molar-refractivity contribution in [2.24, 2.45) is 16.8 Å². The number of hydrogen-bond acceptors (Lipinski definition) is 4. The van der Waals surface area contributed by atoms with Gasteiger partial charge in [-0.25, -0.2) is 9.79 Å². The van der Waals surface area contributed by atoms with Crippen molar-refractivity contribution in [3.05, 3.63) is 89.0 Å². The molecule has 0 spiro atoms. The summed E-state index contributed by atoms with van der Waals surface area (Å²) in [5, 5.41) is 13.4. The third-order valence-electron chi connectivity index (χ3n) is 7.66. The van der Waals surface area contributed by atoms with Gasteiger partial charge in [-0.05, 0) is 73.8 Å². The number of halogens is 3. The van der Waals surface area contributed by atoms with Crippen molar-refractivity contribution in [3.63, 3.8) is 0 Å². The van der Waals surface area contributed by atoms with Gasteiger partial charge in [-0.3, -0.25) is 4.79 Å². The number of hydrogen-bond donors (Lipinski definition) is 3. The molecule has 2 N–H and O–H groups in total. The Hall–Kier alpha value is -3.63. The number of aliphatic imine (C=N–C) groups is 1. The molecule has 5 rings (SSSR count). The molecule has 1 unspecified atom stereocenters. The number of carbonyl (C=O) groups excluding carboxylic acids is 1. The van der Waals surface area contributed by atoms with Crippen LogP contribution in [-0.4, -0.2) is 34.9 Å². The van der Waals surface area contributed by atoms with Gasteiger partial charge >= 0.3 is 12.1 Å². The van der Waals surface area contributed by atoms with Crippen molar-refractivity contribution in [2.75, 3.05) is 18.2 Å². The second kappa shape index (κ2) is 12.1. The molecule has 216 valence electrons. The van der Waals surface area contributed by atoms with Crippen molar-refractivity contribution in [1.29, 1.82) is 0 Å². The van der Waals surface area contributed by atoms with Crippen LogP contribution in [0.1, 0.15) is 57.5 Å². The first-order chi connectivity index (χ1) is 19.6. The van der Waals surface area contributed by atoms with E-state index in [1.807, 2.05) is 30.3 Å². The summed E-state index contributed by atoms with van der Waals surface area (Å²) < 4.78 is 45.3. The number of alkyl halides is 3. The highest BCUT2D eigenvalue weighted by Gasteiger charge is 2.33. The lowest BCUT2D eigenvalue weighted by molar-refractivity contribution is -0.137. The van der Waals surface area contributed by atoms with Gasteiger partial charge in [0.15, 0.2) is 0 Å². The molecule has 1 aliphatic carbocycles. The van der Waals surface area contributed by atoms with Crippen LogP contribution < -0.4 is 5.32 Å². The van der Waals surface area contributed by atoms with E-state index in [0.29, 0.717) is 30.7 Å². The Morgan fingerprint density at radius 3 is 2.44 bits per heavy atom. The van der Waals surface area contributed by atoms with Crippen LogP contribution in [0, 0.1) is 11.8 Å². The SMILES string of the molecule is C[SH]1C(C2CCC(COCc3ccccc3)CC2)=Nc2cc(C(=O)O)c(NC(=O)c3cccc(C(F)(F)F)c3)cc21. The number of thiol groups is 1. The molecule has 0 aromatic heterocycles. The number of amides is 1. The Labute approximate surface area is 239 Å². The van der Waals surface area contributed by atoms with Gasteiger partial charge in [0.1, 0.15) is 0 Å². The lowest BCUT2D eigenvalue weighted by Crippen LogP contribution is -2.23. The maximum absolute atomic E-state index is 13.1. The van der Waals surface area contributed by atoms with Crippen molar-refractivity contribution in [1.82, 2.24) is 0 Å². The number of ether oxygens (including phenoxy) is 1. The monoisotopic (exact) mass is 584 g/mol. The van der Waals surface area contributed by atoms with Crippen LogP contribution in [0.3, 0.4) is 0 Å². The van der Waals surface area contributed by atoms with E-state index in [9.17, 15) is 27.9 Å². The number of aromatic carboxylic acids is 1. The minimum Gasteiger partial charge on any atom is -0.478 e. The third-order valence-corrected chi connectivity index (χ3v) is 9.90. The summed E-state index contributed by atoms with van der Waals surface area (Å²) >= 11 is 0. The molecule has 0 radical (unpaired) electrons. The first kappa shape index (κ1) is 28.9. The predicted molar refractivity (Wildman–Crippen MR) is 155 cm³/mol. The van der Waals surface area contributed by atoms with Gasteiger partial charge in [0.05, 0.1) is 34.2 Å². The smallest absolute Gasteiger partial charge is 0.416 e. The molecule has 1 heterocycles. The molecule has 0 saturated heterocycles. The zero-order valence-electron chi connectivity index (χ0n) is 22.4. The van der Waals surface area contributed by atoms with E-state index < -0.39 is 34.5 Å². The summed E-state index contributed by atoms with van der Waals surface area (Å²) in [5.74, 6) is -1.29. The average molecular weight is 585 g/mol. The first-order valence-electron chi connectivity index (χ1n) is 13.4. The third kappa shape index (κ3) is 6.65. The van der Waals surface area contributed by atoms with Gasteiger partial charge < -0.3 is 15.2 Å². The summed E-state index contributed by atoms with van der Waals surface area (Å²) in [5.41, 5.74) is 0.459. The molecule has 1 aliphatic heterocycles. The zero-order valence-corrected chi connectivity index (χ0v) is 23.3. The Kier molecular flexibility index (Phi) is 8.51. The van der Waals surface area contributed by atoms with Gasteiger partial charge in [-0.1, -0.05) is 36.4 Å². The Bertz CT molecular complexity index is 1470. The second-order valence-corrected chi connectivity index (χ2v) is 12.5.